The van der Waals surface area contributed by atoms with Crippen LogP contribution in [0.5, 0.6) is 0 Å². The Morgan fingerprint density at radius 2 is 1.91 bits per heavy atom. The molecule has 9 heteroatoms. The summed E-state index contributed by atoms with van der Waals surface area (Å²) in [5, 5.41) is 5.63. The molecule has 0 saturated heterocycles. The van der Waals surface area contributed by atoms with E-state index >= 15 is 0 Å². The van der Waals surface area contributed by atoms with Gasteiger partial charge in [-0.1, -0.05) is 0 Å². The molecule has 0 radical (unpaired) electrons. The maximum Gasteiger partial charge on any atom is 0.413 e. The molecule has 0 saturated carbocycles. The molecular formula is C14H24N4O4S. The second-order valence-corrected chi connectivity index (χ2v) is 7.88. The van der Waals surface area contributed by atoms with Gasteiger partial charge in [0.25, 0.3) is 0 Å². The molecule has 8 nitrogen and oxygen atoms in total. The zero-order chi connectivity index (χ0) is 17.7. The normalized spacial score (nSPS) is 11.9. The van der Waals surface area contributed by atoms with E-state index < -0.39 is 21.7 Å². The van der Waals surface area contributed by atoms with E-state index in [0.29, 0.717) is 18.1 Å². The monoisotopic (exact) mass is 344 g/mol. The van der Waals surface area contributed by atoms with Gasteiger partial charge in [0, 0.05) is 13.1 Å². The van der Waals surface area contributed by atoms with Crippen molar-refractivity contribution in [1.82, 2.24) is 9.71 Å². The van der Waals surface area contributed by atoms with E-state index in [0.717, 1.165) is 11.9 Å². The molecule has 0 aliphatic rings. The molecule has 0 aliphatic carbocycles. The average Bonchev–Trinajstić information content (AvgIpc) is 2.33. The first-order chi connectivity index (χ1) is 10.5. The predicted molar refractivity (Wildman–Crippen MR) is 90.2 cm³/mol. The molecular weight excluding hydrogens is 320 g/mol. The Balaban J connectivity index is 2.56. The number of nitrogens with zero attached hydrogens (tertiary/aromatic N) is 1. The molecule has 130 valence electrons. The molecule has 3 N–H and O–H groups in total. The first kappa shape index (κ1) is 19.2. The summed E-state index contributed by atoms with van der Waals surface area (Å²) in [7, 11) is -3.19. The van der Waals surface area contributed by atoms with E-state index in [1.807, 2.05) is 0 Å². The Morgan fingerprint density at radius 3 is 2.43 bits per heavy atom. The van der Waals surface area contributed by atoms with Crippen LogP contribution < -0.4 is 15.4 Å². The minimum atomic E-state index is -3.19. The fourth-order valence-corrected chi connectivity index (χ4v) is 2.13. The molecule has 1 heterocycles. The van der Waals surface area contributed by atoms with Crippen molar-refractivity contribution in [3.8, 4) is 0 Å². The second-order valence-electron chi connectivity index (χ2n) is 6.05. The van der Waals surface area contributed by atoms with Crippen LogP contribution in [0.2, 0.25) is 0 Å². The van der Waals surface area contributed by atoms with Crippen LogP contribution in [-0.2, 0) is 14.8 Å². The molecule has 0 atom stereocenters. The molecule has 1 aromatic rings. The second kappa shape index (κ2) is 7.60. The Morgan fingerprint density at radius 1 is 1.26 bits per heavy atom. The summed E-state index contributed by atoms with van der Waals surface area (Å²) in [4.78, 5) is 15.9. The minimum Gasteiger partial charge on any atom is -0.444 e. The zero-order valence-corrected chi connectivity index (χ0v) is 14.9. The van der Waals surface area contributed by atoms with Gasteiger partial charge in [0.2, 0.25) is 10.0 Å². The van der Waals surface area contributed by atoms with E-state index in [1.165, 1.54) is 0 Å². The van der Waals surface area contributed by atoms with Crippen LogP contribution >= 0.6 is 0 Å². The smallest absolute Gasteiger partial charge is 0.413 e. The van der Waals surface area contributed by atoms with E-state index in [-0.39, 0.29) is 6.54 Å². The van der Waals surface area contributed by atoms with Gasteiger partial charge in [0.1, 0.15) is 11.4 Å². The molecule has 1 amide bonds. The average molecular weight is 344 g/mol. The summed E-state index contributed by atoms with van der Waals surface area (Å²) < 4.78 is 29.4. The van der Waals surface area contributed by atoms with Gasteiger partial charge >= 0.3 is 6.09 Å². The van der Waals surface area contributed by atoms with Crippen LogP contribution in [0.25, 0.3) is 0 Å². The van der Waals surface area contributed by atoms with Crippen LogP contribution in [-0.4, -0.2) is 44.4 Å². The molecule has 1 rings (SSSR count). The van der Waals surface area contributed by atoms with Crippen molar-refractivity contribution in [3.05, 3.63) is 17.8 Å². The van der Waals surface area contributed by atoms with Crippen molar-refractivity contribution in [1.29, 1.82) is 0 Å². The number of hydrogen-bond acceptors (Lipinski definition) is 6. The first-order valence-electron chi connectivity index (χ1n) is 7.12. The number of pyridine rings is 1. The number of sulfonamides is 1. The molecule has 0 aromatic carbocycles. The lowest BCUT2D eigenvalue weighted by atomic mass is 10.2. The van der Waals surface area contributed by atoms with E-state index in [4.69, 9.17) is 4.74 Å². The van der Waals surface area contributed by atoms with Crippen molar-refractivity contribution in [2.45, 2.75) is 33.3 Å². The highest BCUT2D eigenvalue weighted by Crippen LogP contribution is 2.16. The van der Waals surface area contributed by atoms with Gasteiger partial charge in [-0.05, 0) is 39.8 Å². The number of nitrogens with one attached hydrogen (secondary N) is 3. The van der Waals surface area contributed by atoms with Gasteiger partial charge < -0.3 is 10.1 Å². The SMILES string of the molecule is Cc1nc(NC(=O)OC(C)(C)C)ccc1NCCNS(C)(=O)=O. The van der Waals surface area contributed by atoms with Crippen LogP contribution in [0.15, 0.2) is 12.1 Å². The number of hydrogen-bond donors (Lipinski definition) is 3. The summed E-state index contributed by atoms with van der Waals surface area (Å²) >= 11 is 0. The fraction of sp³-hybridized carbons (Fsp3) is 0.571. The van der Waals surface area contributed by atoms with Gasteiger partial charge in [-0.25, -0.2) is 22.9 Å². The Hall–Kier alpha value is -1.87. The Labute approximate surface area is 137 Å². The van der Waals surface area contributed by atoms with Crippen molar-refractivity contribution in [2.24, 2.45) is 0 Å². The highest BCUT2D eigenvalue weighted by atomic mass is 32.2. The first-order valence-corrected chi connectivity index (χ1v) is 9.01. The molecule has 0 bridgehead atoms. The van der Waals surface area contributed by atoms with Crippen molar-refractivity contribution >= 4 is 27.6 Å². The number of aryl methyl sites for hydroxylation is 1. The number of aromatic nitrogens is 1. The van der Waals surface area contributed by atoms with Gasteiger partial charge in [0.05, 0.1) is 17.6 Å². The van der Waals surface area contributed by atoms with Crippen LogP contribution in [0, 0.1) is 6.92 Å². The third kappa shape index (κ3) is 8.36. The summed E-state index contributed by atoms with van der Waals surface area (Å²) in [5.74, 6) is 0.386. The topological polar surface area (TPSA) is 109 Å². The number of carbonyl (C=O) groups excluding carboxylic acids is 1. The Bertz CT molecular complexity index is 653. The van der Waals surface area contributed by atoms with E-state index in [2.05, 4.69) is 20.3 Å². The van der Waals surface area contributed by atoms with E-state index in [1.54, 1.807) is 39.8 Å². The lowest BCUT2D eigenvalue weighted by molar-refractivity contribution is 0.0635. The molecule has 0 spiro atoms. The Kier molecular flexibility index (Phi) is 6.34. The molecule has 0 aliphatic heterocycles. The number of anilines is 2. The van der Waals surface area contributed by atoms with Crippen molar-refractivity contribution in [3.63, 3.8) is 0 Å². The maximum absolute atomic E-state index is 11.7. The third-order valence-electron chi connectivity index (χ3n) is 2.52. The van der Waals surface area contributed by atoms with E-state index in [9.17, 15) is 13.2 Å². The van der Waals surface area contributed by atoms with Gasteiger partial charge in [0.15, 0.2) is 0 Å². The van der Waals surface area contributed by atoms with Crippen LogP contribution in [0.1, 0.15) is 26.5 Å². The van der Waals surface area contributed by atoms with Crippen LogP contribution in [0.4, 0.5) is 16.3 Å². The highest BCUT2D eigenvalue weighted by molar-refractivity contribution is 7.88. The fourth-order valence-electron chi connectivity index (χ4n) is 1.66. The van der Waals surface area contributed by atoms with Crippen molar-refractivity contribution in [2.75, 3.05) is 30.0 Å². The third-order valence-corrected chi connectivity index (χ3v) is 3.25. The largest absolute Gasteiger partial charge is 0.444 e. The zero-order valence-electron chi connectivity index (χ0n) is 14.1. The maximum atomic E-state index is 11.7. The van der Waals surface area contributed by atoms with Gasteiger partial charge in [-0.2, -0.15) is 0 Å². The quantitative estimate of drug-likeness (QED) is 0.678. The summed E-state index contributed by atoms with van der Waals surface area (Å²) in [6.45, 7) is 7.83. The van der Waals surface area contributed by atoms with Gasteiger partial charge in [-0.3, -0.25) is 5.32 Å². The molecule has 23 heavy (non-hydrogen) atoms. The highest BCUT2D eigenvalue weighted by Gasteiger charge is 2.16. The van der Waals surface area contributed by atoms with Crippen molar-refractivity contribution < 1.29 is 17.9 Å². The van der Waals surface area contributed by atoms with Gasteiger partial charge in [-0.15, -0.1) is 0 Å². The number of ether oxygens (including phenoxy) is 1. The number of amides is 1. The lowest BCUT2D eigenvalue weighted by Gasteiger charge is -2.19. The number of carbonyl (C=O) groups is 1. The summed E-state index contributed by atoms with van der Waals surface area (Å²) in [6.07, 6.45) is 0.541. The molecule has 0 fully saturated rings. The number of rotatable bonds is 6. The lowest BCUT2D eigenvalue weighted by Crippen LogP contribution is -2.28. The summed E-state index contributed by atoms with van der Waals surface area (Å²) in [5.41, 5.74) is 0.862. The van der Waals surface area contributed by atoms with Crippen LogP contribution in [0.3, 0.4) is 0 Å². The molecule has 1 aromatic heterocycles. The standard InChI is InChI=1S/C14H24N4O4S/c1-10-11(15-8-9-16-23(5,20)21)6-7-12(17-10)18-13(19)22-14(2,3)4/h6-7,15-16H,8-9H2,1-5H3,(H,17,18,19). The minimum absolute atomic E-state index is 0.274. The summed E-state index contributed by atoms with van der Waals surface area (Å²) in [6, 6.07) is 3.40. The predicted octanol–water partition coefficient (Wildman–Crippen LogP) is 1.70. The molecule has 0 unspecified atom stereocenters.